The van der Waals surface area contributed by atoms with Crippen LogP contribution in [0.1, 0.15) is 18.4 Å². The fraction of sp³-hybridized carbons (Fsp3) is 0.417. The van der Waals surface area contributed by atoms with E-state index in [0.29, 0.717) is 12.5 Å². The van der Waals surface area contributed by atoms with E-state index in [9.17, 15) is 4.79 Å². The van der Waals surface area contributed by atoms with Gasteiger partial charge in [-0.1, -0.05) is 18.2 Å². The minimum atomic E-state index is 0.214. The molecule has 1 fully saturated rings. The second kappa shape index (κ2) is 4.71. The van der Waals surface area contributed by atoms with E-state index >= 15 is 0 Å². The van der Waals surface area contributed by atoms with Gasteiger partial charge in [0.05, 0.1) is 0 Å². The molecule has 0 aromatic heterocycles. The molecule has 1 amide bonds. The number of amides is 1. The van der Waals surface area contributed by atoms with Gasteiger partial charge in [-0.25, -0.2) is 0 Å². The van der Waals surface area contributed by atoms with Crippen LogP contribution < -0.4 is 5.32 Å². The van der Waals surface area contributed by atoms with Gasteiger partial charge in [0.1, 0.15) is 0 Å². The topological polar surface area (TPSA) is 29.1 Å². The first kappa shape index (κ1) is 10.6. The van der Waals surface area contributed by atoms with Crippen molar-refractivity contribution in [1.29, 1.82) is 0 Å². The number of rotatable bonds is 4. The Morgan fingerprint density at radius 1 is 1.47 bits per heavy atom. The zero-order chi connectivity index (χ0) is 10.7. The summed E-state index contributed by atoms with van der Waals surface area (Å²) in [6, 6.07) is 8.19. The van der Waals surface area contributed by atoms with Crippen molar-refractivity contribution in [1.82, 2.24) is 5.32 Å². The van der Waals surface area contributed by atoms with Crippen LogP contribution in [0.2, 0.25) is 0 Å². The summed E-state index contributed by atoms with van der Waals surface area (Å²) in [5.41, 5.74) is 1.21. The highest BCUT2D eigenvalue weighted by Crippen LogP contribution is 2.29. The van der Waals surface area contributed by atoms with Crippen LogP contribution in [0, 0.1) is 5.92 Å². The summed E-state index contributed by atoms with van der Waals surface area (Å²) in [5, 5.41) is 2.98. The molecular weight excluding hydrogens is 206 g/mol. The summed E-state index contributed by atoms with van der Waals surface area (Å²) < 4.78 is 0. The van der Waals surface area contributed by atoms with Gasteiger partial charge in [0.2, 0.25) is 5.91 Å². The van der Waals surface area contributed by atoms with Crippen molar-refractivity contribution in [3.63, 3.8) is 0 Å². The minimum Gasteiger partial charge on any atom is -0.352 e. The smallest absolute Gasteiger partial charge is 0.223 e. The van der Waals surface area contributed by atoms with Crippen molar-refractivity contribution < 1.29 is 4.79 Å². The maximum atomic E-state index is 11.5. The molecule has 2 rings (SSSR count). The van der Waals surface area contributed by atoms with Gasteiger partial charge in [0.25, 0.3) is 0 Å². The minimum absolute atomic E-state index is 0.214. The Hall–Kier alpha value is -0.960. The fourth-order valence-electron chi connectivity index (χ4n) is 1.52. The van der Waals surface area contributed by atoms with E-state index in [0.717, 1.165) is 12.8 Å². The van der Waals surface area contributed by atoms with Crippen LogP contribution in [0.15, 0.2) is 29.2 Å². The van der Waals surface area contributed by atoms with Gasteiger partial charge in [-0.3, -0.25) is 4.79 Å². The number of benzene rings is 1. The lowest BCUT2D eigenvalue weighted by molar-refractivity contribution is -0.122. The van der Waals surface area contributed by atoms with Gasteiger partial charge in [0.15, 0.2) is 0 Å². The molecule has 0 radical (unpaired) electrons. The molecule has 0 saturated heterocycles. The third-order valence-electron chi connectivity index (χ3n) is 2.59. The molecule has 0 aliphatic heterocycles. The maximum Gasteiger partial charge on any atom is 0.223 e. The summed E-state index contributed by atoms with van der Waals surface area (Å²) in [6.45, 7) is 0.659. The number of hydrogen-bond acceptors (Lipinski definition) is 2. The quantitative estimate of drug-likeness (QED) is 0.791. The van der Waals surface area contributed by atoms with E-state index in [1.807, 2.05) is 12.1 Å². The van der Waals surface area contributed by atoms with Crippen LogP contribution in [-0.4, -0.2) is 12.2 Å². The van der Waals surface area contributed by atoms with Crippen molar-refractivity contribution in [3.8, 4) is 0 Å². The lowest BCUT2D eigenvalue weighted by Gasteiger charge is -2.08. The molecule has 0 atom stereocenters. The van der Waals surface area contributed by atoms with E-state index in [1.54, 1.807) is 11.8 Å². The van der Waals surface area contributed by atoms with Gasteiger partial charge >= 0.3 is 0 Å². The monoisotopic (exact) mass is 221 g/mol. The molecule has 1 aromatic carbocycles. The van der Waals surface area contributed by atoms with Crippen molar-refractivity contribution in [3.05, 3.63) is 29.8 Å². The van der Waals surface area contributed by atoms with Crippen LogP contribution in [0.4, 0.5) is 0 Å². The molecule has 1 saturated carbocycles. The first-order valence-corrected chi connectivity index (χ1v) is 6.43. The molecule has 2 nitrogen and oxygen atoms in total. The Kier molecular flexibility index (Phi) is 3.31. The number of hydrogen-bond donors (Lipinski definition) is 1. The van der Waals surface area contributed by atoms with Crippen LogP contribution in [0.25, 0.3) is 0 Å². The average Bonchev–Trinajstić information content (AvgIpc) is 3.10. The predicted octanol–water partition coefficient (Wildman–Crippen LogP) is 2.43. The maximum absolute atomic E-state index is 11.5. The molecule has 0 bridgehead atoms. The van der Waals surface area contributed by atoms with Crippen LogP contribution in [0.3, 0.4) is 0 Å². The number of carbonyl (C=O) groups excluding carboxylic acids is 1. The first-order chi connectivity index (χ1) is 7.31. The van der Waals surface area contributed by atoms with Gasteiger partial charge < -0.3 is 5.32 Å². The molecule has 0 unspecified atom stereocenters. The van der Waals surface area contributed by atoms with E-state index in [-0.39, 0.29) is 5.91 Å². The summed E-state index contributed by atoms with van der Waals surface area (Å²) in [4.78, 5) is 12.7. The fourth-order valence-corrected chi connectivity index (χ4v) is 2.14. The van der Waals surface area contributed by atoms with Crippen molar-refractivity contribution in [2.75, 3.05) is 6.26 Å². The molecule has 0 heterocycles. The van der Waals surface area contributed by atoms with Crippen molar-refractivity contribution >= 4 is 17.7 Å². The molecule has 80 valence electrons. The Labute approximate surface area is 94.4 Å². The molecule has 1 aliphatic rings. The standard InChI is InChI=1S/C12H15NOS/c1-15-11-5-3-2-4-10(11)8-13-12(14)9-6-7-9/h2-5,9H,6-8H2,1H3,(H,13,14). The molecule has 1 aliphatic carbocycles. The van der Waals surface area contributed by atoms with E-state index in [2.05, 4.69) is 23.7 Å². The highest BCUT2D eigenvalue weighted by Gasteiger charge is 2.29. The van der Waals surface area contributed by atoms with Crippen molar-refractivity contribution in [2.24, 2.45) is 5.92 Å². The summed E-state index contributed by atoms with van der Waals surface area (Å²) in [5.74, 6) is 0.511. The average molecular weight is 221 g/mol. The molecule has 3 heteroatoms. The molecule has 15 heavy (non-hydrogen) atoms. The van der Waals surface area contributed by atoms with Gasteiger partial charge in [-0.05, 0) is 30.7 Å². The number of thioether (sulfide) groups is 1. The van der Waals surface area contributed by atoms with Crippen molar-refractivity contribution in [2.45, 2.75) is 24.3 Å². The normalized spacial score (nSPS) is 15.0. The van der Waals surface area contributed by atoms with Gasteiger partial charge in [-0.15, -0.1) is 11.8 Å². The second-order valence-electron chi connectivity index (χ2n) is 3.80. The van der Waals surface area contributed by atoms with Gasteiger partial charge in [0, 0.05) is 17.4 Å². The van der Waals surface area contributed by atoms with Crippen LogP contribution >= 0.6 is 11.8 Å². The number of nitrogens with one attached hydrogen (secondary N) is 1. The van der Waals surface area contributed by atoms with Crippen LogP contribution in [-0.2, 0) is 11.3 Å². The van der Waals surface area contributed by atoms with Crippen LogP contribution in [0.5, 0.6) is 0 Å². The third-order valence-corrected chi connectivity index (χ3v) is 3.43. The van der Waals surface area contributed by atoms with E-state index in [4.69, 9.17) is 0 Å². The Morgan fingerprint density at radius 3 is 2.87 bits per heavy atom. The summed E-state index contributed by atoms with van der Waals surface area (Å²) >= 11 is 1.72. The largest absolute Gasteiger partial charge is 0.352 e. The molecule has 1 aromatic rings. The van der Waals surface area contributed by atoms with E-state index < -0.39 is 0 Å². The molecule has 1 N–H and O–H groups in total. The second-order valence-corrected chi connectivity index (χ2v) is 4.65. The highest BCUT2D eigenvalue weighted by molar-refractivity contribution is 7.98. The Morgan fingerprint density at radius 2 is 2.20 bits per heavy atom. The third kappa shape index (κ3) is 2.75. The molecule has 0 spiro atoms. The van der Waals surface area contributed by atoms with Gasteiger partial charge in [-0.2, -0.15) is 0 Å². The first-order valence-electron chi connectivity index (χ1n) is 5.21. The predicted molar refractivity (Wildman–Crippen MR) is 62.8 cm³/mol. The lowest BCUT2D eigenvalue weighted by Crippen LogP contribution is -2.24. The SMILES string of the molecule is CSc1ccccc1CNC(=O)C1CC1. The zero-order valence-corrected chi connectivity index (χ0v) is 9.64. The zero-order valence-electron chi connectivity index (χ0n) is 8.82. The number of carbonyl (C=O) groups is 1. The Bertz CT molecular complexity index is 360. The summed E-state index contributed by atoms with van der Waals surface area (Å²) in [7, 11) is 0. The highest BCUT2D eigenvalue weighted by atomic mass is 32.2. The molecular formula is C12H15NOS. The van der Waals surface area contributed by atoms with E-state index in [1.165, 1.54) is 10.5 Å². The summed E-state index contributed by atoms with van der Waals surface area (Å²) in [6.07, 6.45) is 4.19. The lowest BCUT2D eigenvalue weighted by atomic mass is 10.2. The Balaban J connectivity index is 1.94.